The molecule has 0 saturated carbocycles. The predicted octanol–water partition coefficient (Wildman–Crippen LogP) is 3.18. The second-order valence-corrected chi connectivity index (χ2v) is 5.17. The van der Waals surface area contributed by atoms with Gasteiger partial charge < -0.3 is 5.32 Å². The molecule has 0 aliphatic heterocycles. The van der Waals surface area contributed by atoms with E-state index in [4.69, 9.17) is 11.6 Å². The highest BCUT2D eigenvalue weighted by Crippen LogP contribution is 2.31. The molecule has 1 N–H and O–H groups in total. The first-order chi connectivity index (χ1) is 7.70. The first-order valence-corrected chi connectivity index (χ1v) is 6.67. The predicted molar refractivity (Wildman–Crippen MR) is 68.7 cm³/mol. The minimum Gasteiger partial charge on any atom is -0.348 e. The Hall–Kier alpha value is -0.540. The minimum atomic E-state index is -0.0977. The Morgan fingerprint density at radius 3 is 3.12 bits per heavy atom. The number of aryl methyl sites for hydroxylation is 1. The van der Waals surface area contributed by atoms with Gasteiger partial charge in [-0.1, -0.05) is 22.0 Å². The lowest BCUT2D eigenvalue weighted by atomic mass is 9.88. The molecular formula is C12H13BrClNO. The number of amides is 1. The zero-order chi connectivity index (χ0) is 11.5. The number of nitrogens with one attached hydrogen (secondary N) is 1. The van der Waals surface area contributed by atoms with Crippen LogP contribution < -0.4 is 5.32 Å². The number of hydrogen-bond donors (Lipinski definition) is 1. The molecule has 0 radical (unpaired) electrons. The molecule has 1 aliphatic rings. The Labute approximate surface area is 108 Å². The summed E-state index contributed by atoms with van der Waals surface area (Å²) < 4.78 is 1.05. The molecule has 0 spiro atoms. The van der Waals surface area contributed by atoms with Crippen LogP contribution in [0.3, 0.4) is 0 Å². The maximum absolute atomic E-state index is 11.3. The monoisotopic (exact) mass is 301 g/mol. The molecule has 1 atom stereocenters. The van der Waals surface area contributed by atoms with Crippen LogP contribution in [0.1, 0.15) is 30.0 Å². The second-order valence-electron chi connectivity index (χ2n) is 3.99. The molecule has 0 fully saturated rings. The molecule has 4 heteroatoms. The molecule has 0 aromatic heterocycles. The van der Waals surface area contributed by atoms with Crippen LogP contribution >= 0.6 is 27.5 Å². The average Bonchev–Trinajstić information content (AvgIpc) is 2.29. The van der Waals surface area contributed by atoms with E-state index in [1.54, 1.807) is 0 Å². The zero-order valence-corrected chi connectivity index (χ0v) is 11.1. The highest BCUT2D eigenvalue weighted by atomic mass is 79.9. The molecule has 0 saturated heterocycles. The second kappa shape index (κ2) is 5.19. The van der Waals surface area contributed by atoms with Crippen LogP contribution in [0.25, 0.3) is 0 Å². The van der Waals surface area contributed by atoms with Gasteiger partial charge in [0.15, 0.2) is 0 Å². The van der Waals surface area contributed by atoms with Gasteiger partial charge in [-0.05, 0) is 42.5 Å². The van der Waals surface area contributed by atoms with Crippen LogP contribution in [-0.2, 0) is 11.2 Å². The smallest absolute Gasteiger partial charge is 0.235 e. The number of rotatable bonds is 2. The molecule has 2 rings (SSSR count). The normalized spacial score (nSPS) is 19.0. The molecule has 2 nitrogen and oxygen atoms in total. The van der Waals surface area contributed by atoms with Crippen molar-refractivity contribution in [1.82, 2.24) is 5.32 Å². The first-order valence-electron chi connectivity index (χ1n) is 5.34. The first kappa shape index (κ1) is 11.9. The number of carbonyl (C=O) groups excluding carboxylic acids is 1. The van der Waals surface area contributed by atoms with Crippen molar-refractivity contribution < 1.29 is 4.79 Å². The number of carbonyl (C=O) groups is 1. The third-order valence-corrected chi connectivity index (χ3v) is 3.61. The Bertz CT molecular complexity index is 408. The van der Waals surface area contributed by atoms with E-state index in [9.17, 15) is 4.79 Å². The van der Waals surface area contributed by atoms with Gasteiger partial charge in [0, 0.05) is 4.47 Å². The third-order valence-electron chi connectivity index (χ3n) is 2.88. The summed E-state index contributed by atoms with van der Waals surface area (Å²) >= 11 is 8.97. The lowest BCUT2D eigenvalue weighted by Crippen LogP contribution is -2.31. The van der Waals surface area contributed by atoms with Crippen molar-refractivity contribution >= 4 is 33.4 Å². The van der Waals surface area contributed by atoms with Crippen LogP contribution in [0.15, 0.2) is 22.7 Å². The van der Waals surface area contributed by atoms with E-state index in [2.05, 4.69) is 33.4 Å². The van der Waals surface area contributed by atoms with Gasteiger partial charge in [0.25, 0.3) is 0 Å². The molecule has 0 heterocycles. The fraction of sp³-hybridized carbons (Fsp3) is 0.417. The van der Waals surface area contributed by atoms with Crippen molar-refractivity contribution in [3.63, 3.8) is 0 Å². The standard InChI is InChI=1S/C12H13BrClNO/c13-9-5-4-8-2-1-3-11(10(8)6-9)15-12(16)7-14/h4-6,11H,1-3,7H2,(H,15,16)/t11-/m0/s1. The van der Waals surface area contributed by atoms with E-state index in [0.717, 1.165) is 23.7 Å². The van der Waals surface area contributed by atoms with Crippen molar-refractivity contribution in [2.24, 2.45) is 0 Å². The van der Waals surface area contributed by atoms with Gasteiger partial charge in [-0.2, -0.15) is 0 Å². The van der Waals surface area contributed by atoms with Gasteiger partial charge in [-0.3, -0.25) is 4.79 Å². The molecule has 1 aromatic rings. The Balaban J connectivity index is 2.24. The van der Waals surface area contributed by atoms with Crippen LogP contribution in [0.5, 0.6) is 0 Å². The summed E-state index contributed by atoms with van der Waals surface area (Å²) in [4.78, 5) is 11.3. The molecule has 1 aliphatic carbocycles. The van der Waals surface area contributed by atoms with Crippen molar-refractivity contribution in [3.05, 3.63) is 33.8 Å². The van der Waals surface area contributed by atoms with Gasteiger partial charge >= 0.3 is 0 Å². The van der Waals surface area contributed by atoms with Crippen LogP contribution in [0, 0.1) is 0 Å². The quantitative estimate of drug-likeness (QED) is 0.835. The maximum atomic E-state index is 11.3. The van der Waals surface area contributed by atoms with Gasteiger partial charge in [0.05, 0.1) is 6.04 Å². The highest BCUT2D eigenvalue weighted by molar-refractivity contribution is 9.10. The highest BCUT2D eigenvalue weighted by Gasteiger charge is 2.21. The van der Waals surface area contributed by atoms with E-state index >= 15 is 0 Å². The zero-order valence-electron chi connectivity index (χ0n) is 8.80. The molecule has 0 unspecified atom stereocenters. The van der Waals surface area contributed by atoms with Crippen molar-refractivity contribution in [1.29, 1.82) is 0 Å². The molecular weight excluding hydrogens is 289 g/mol. The fourth-order valence-corrected chi connectivity index (χ4v) is 2.61. The molecule has 86 valence electrons. The number of hydrogen-bond acceptors (Lipinski definition) is 1. The van der Waals surface area contributed by atoms with Crippen molar-refractivity contribution in [2.75, 3.05) is 5.88 Å². The summed E-state index contributed by atoms with van der Waals surface area (Å²) in [6.45, 7) is 0. The molecule has 1 aromatic carbocycles. The maximum Gasteiger partial charge on any atom is 0.235 e. The molecule has 1 amide bonds. The topological polar surface area (TPSA) is 29.1 Å². The summed E-state index contributed by atoms with van der Waals surface area (Å²) in [5.74, 6) is -0.0701. The van der Waals surface area contributed by atoms with Crippen LogP contribution in [-0.4, -0.2) is 11.8 Å². The third kappa shape index (κ3) is 2.58. The average molecular weight is 303 g/mol. The largest absolute Gasteiger partial charge is 0.348 e. The number of halogens is 2. The number of fused-ring (bicyclic) bond motifs is 1. The summed E-state index contributed by atoms with van der Waals surface area (Å²) in [5, 5.41) is 2.96. The summed E-state index contributed by atoms with van der Waals surface area (Å²) in [7, 11) is 0. The summed E-state index contributed by atoms with van der Waals surface area (Å²) in [6, 6.07) is 6.38. The van der Waals surface area contributed by atoms with Crippen LogP contribution in [0.2, 0.25) is 0 Å². The van der Waals surface area contributed by atoms with E-state index in [1.165, 1.54) is 11.1 Å². The number of alkyl halides is 1. The SMILES string of the molecule is O=C(CCl)N[C@H]1CCCc2ccc(Br)cc21. The van der Waals surface area contributed by atoms with Crippen molar-refractivity contribution in [3.8, 4) is 0 Å². The van der Waals surface area contributed by atoms with Gasteiger partial charge in [0.1, 0.15) is 5.88 Å². The summed E-state index contributed by atoms with van der Waals surface area (Å²) in [5.41, 5.74) is 2.55. The molecule has 0 bridgehead atoms. The van der Waals surface area contributed by atoms with E-state index < -0.39 is 0 Å². The van der Waals surface area contributed by atoms with Crippen LogP contribution in [0.4, 0.5) is 0 Å². The Kier molecular flexibility index (Phi) is 3.87. The van der Waals surface area contributed by atoms with E-state index in [1.807, 2.05) is 6.07 Å². The van der Waals surface area contributed by atoms with Gasteiger partial charge in [-0.15, -0.1) is 11.6 Å². The van der Waals surface area contributed by atoms with Gasteiger partial charge in [-0.25, -0.2) is 0 Å². The lowest BCUT2D eigenvalue weighted by molar-refractivity contribution is -0.119. The Morgan fingerprint density at radius 2 is 2.38 bits per heavy atom. The minimum absolute atomic E-state index is 0.0276. The lowest BCUT2D eigenvalue weighted by Gasteiger charge is -2.26. The van der Waals surface area contributed by atoms with Crippen molar-refractivity contribution in [2.45, 2.75) is 25.3 Å². The summed E-state index contributed by atoms with van der Waals surface area (Å²) in [6.07, 6.45) is 3.20. The van der Waals surface area contributed by atoms with E-state index in [0.29, 0.717) is 0 Å². The Morgan fingerprint density at radius 1 is 1.56 bits per heavy atom. The van der Waals surface area contributed by atoms with Gasteiger partial charge in [0.2, 0.25) is 5.91 Å². The molecule has 16 heavy (non-hydrogen) atoms. The van der Waals surface area contributed by atoms with E-state index in [-0.39, 0.29) is 17.8 Å². The fourth-order valence-electron chi connectivity index (χ4n) is 2.15. The number of benzene rings is 1.